The Labute approximate surface area is 106 Å². The Kier molecular flexibility index (Phi) is 3.13. The molecule has 0 unspecified atom stereocenters. The summed E-state index contributed by atoms with van der Waals surface area (Å²) in [7, 11) is 1.39. The van der Waals surface area contributed by atoms with Crippen LogP contribution in [0.15, 0.2) is 18.2 Å². The molecule has 0 bridgehead atoms. The van der Waals surface area contributed by atoms with Gasteiger partial charge in [0.15, 0.2) is 11.5 Å². The molecule has 0 aliphatic rings. The fraction of sp³-hybridized carbons (Fsp3) is 0.250. The molecule has 2 rings (SSSR count). The number of nitrogens with zero attached hydrogens (tertiary/aromatic N) is 1. The van der Waals surface area contributed by atoms with Crippen LogP contribution in [0.5, 0.6) is 11.5 Å². The molecule has 7 heteroatoms. The van der Waals surface area contributed by atoms with E-state index in [1.807, 2.05) is 0 Å². The van der Waals surface area contributed by atoms with Gasteiger partial charge in [-0.1, -0.05) is 0 Å². The zero-order chi connectivity index (χ0) is 14.2. The van der Waals surface area contributed by atoms with Crippen molar-refractivity contribution in [1.29, 1.82) is 0 Å². The number of hydrogen-bond acceptors (Lipinski definition) is 3. The number of halogens is 3. The molecule has 0 spiro atoms. The topological polar surface area (TPSA) is 58.1 Å². The number of phenols is 1. The van der Waals surface area contributed by atoms with Crippen LogP contribution >= 0.6 is 0 Å². The van der Waals surface area contributed by atoms with Crippen LogP contribution in [0.4, 0.5) is 13.2 Å². The van der Waals surface area contributed by atoms with Crippen LogP contribution in [0.25, 0.3) is 11.3 Å². The van der Waals surface area contributed by atoms with Crippen LogP contribution in [-0.4, -0.2) is 22.2 Å². The SMILES string of the molecule is COc1ccc(-c2nc(C(F)(F)F)[nH]c2C)cc1O. The quantitative estimate of drug-likeness (QED) is 0.883. The van der Waals surface area contributed by atoms with Gasteiger partial charge in [-0.25, -0.2) is 4.98 Å². The van der Waals surface area contributed by atoms with Gasteiger partial charge in [0, 0.05) is 11.3 Å². The second-order valence-electron chi connectivity index (χ2n) is 3.94. The number of phenolic OH excluding ortho intramolecular Hbond substituents is 1. The summed E-state index contributed by atoms with van der Waals surface area (Å²) in [6, 6.07) is 4.30. The van der Waals surface area contributed by atoms with Gasteiger partial charge in [-0.2, -0.15) is 13.2 Å². The van der Waals surface area contributed by atoms with Gasteiger partial charge in [0.2, 0.25) is 5.82 Å². The summed E-state index contributed by atoms with van der Waals surface area (Å²) in [6.07, 6.45) is -4.53. The standard InChI is InChI=1S/C12H11F3N2O2/c1-6-10(17-11(16-6)12(13,14)15)7-3-4-9(19-2)8(18)5-7/h3-5,18H,1-2H3,(H,16,17). The van der Waals surface area contributed by atoms with Crippen molar-refractivity contribution in [2.75, 3.05) is 7.11 Å². The Bertz CT molecular complexity index is 606. The average molecular weight is 272 g/mol. The number of imidazole rings is 1. The number of H-pyrrole nitrogens is 1. The number of methoxy groups -OCH3 is 1. The molecule has 2 aromatic rings. The van der Waals surface area contributed by atoms with Gasteiger partial charge in [-0.05, 0) is 25.1 Å². The maximum atomic E-state index is 12.5. The molecule has 0 atom stereocenters. The van der Waals surface area contributed by atoms with Gasteiger partial charge >= 0.3 is 6.18 Å². The number of hydrogen-bond donors (Lipinski definition) is 2. The molecule has 0 radical (unpaired) electrons. The van der Waals surface area contributed by atoms with Gasteiger partial charge in [0.1, 0.15) is 0 Å². The van der Waals surface area contributed by atoms with Crippen LogP contribution in [0.2, 0.25) is 0 Å². The van der Waals surface area contributed by atoms with E-state index in [4.69, 9.17) is 4.74 Å². The van der Waals surface area contributed by atoms with Crippen molar-refractivity contribution < 1.29 is 23.0 Å². The molecular formula is C12H11F3N2O2. The molecule has 19 heavy (non-hydrogen) atoms. The fourth-order valence-corrected chi connectivity index (χ4v) is 1.71. The first kappa shape index (κ1) is 13.3. The molecule has 0 saturated carbocycles. The summed E-state index contributed by atoms with van der Waals surface area (Å²) in [4.78, 5) is 5.70. The first-order chi connectivity index (χ1) is 8.82. The Morgan fingerprint density at radius 1 is 1.32 bits per heavy atom. The van der Waals surface area contributed by atoms with E-state index in [1.165, 1.54) is 32.2 Å². The molecule has 0 saturated heterocycles. The fourth-order valence-electron chi connectivity index (χ4n) is 1.71. The number of alkyl halides is 3. The summed E-state index contributed by atoms with van der Waals surface area (Å²) in [6.45, 7) is 1.48. The molecule has 1 aromatic heterocycles. The number of aryl methyl sites for hydroxylation is 1. The molecule has 1 heterocycles. The number of rotatable bonds is 2. The lowest BCUT2D eigenvalue weighted by Gasteiger charge is -2.05. The third kappa shape index (κ3) is 2.49. The third-order valence-electron chi connectivity index (χ3n) is 2.61. The molecule has 0 fully saturated rings. The predicted molar refractivity (Wildman–Crippen MR) is 62.0 cm³/mol. The Morgan fingerprint density at radius 3 is 2.47 bits per heavy atom. The lowest BCUT2D eigenvalue weighted by atomic mass is 10.1. The highest BCUT2D eigenvalue weighted by Crippen LogP contribution is 2.34. The minimum atomic E-state index is -4.53. The zero-order valence-corrected chi connectivity index (χ0v) is 10.2. The van der Waals surface area contributed by atoms with E-state index in [9.17, 15) is 18.3 Å². The van der Waals surface area contributed by atoms with Crippen molar-refractivity contribution in [3.63, 3.8) is 0 Å². The van der Waals surface area contributed by atoms with E-state index in [0.717, 1.165) is 0 Å². The highest BCUT2D eigenvalue weighted by atomic mass is 19.4. The van der Waals surface area contributed by atoms with Crippen LogP contribution in [0, 0.1) is 6.92 Å². The molecule has 4 nitrogen and oxygen atoms in total. The van der Waals surface area contributed by atoms with Crippen molar-refractivity contribution in [2.45, 2.75) is 13.1 Å². The molecule has 102 valence electrons. The second-order valence-corrected chi connectivity index (χ2v) is 3.94. The van der Waals surface area contributed by atoms with Crippen molar-refractivity contribution >= 4 is 0 Å². The highest BCUT2D eigenvalue weighted by Gasteiger charge is 2.35. The van der Waals surface area contributed by atoms with Gasteiger partial charge in [-0.15, -0.1) is 0 Å². The molecule has 1 aromatic carbocycles. The largest absolute Gasteiger partial charge is 0.504 e. The van der Waals surface area contributed by atoms with Crippen LogP contribution in [0.1, 0.15) is 11.5 Å². The maximum absolute atomic E-state index is 12.5. The Balaban J connectivity index is 2.48. The van der Waals surface area contributed by atoms with E-state index < -0.39 is 12.0 Å². The number of aromatic nitrogens is 2. The van der Waals surface area contributed by atoms with Gasteiger partial charge < -0.3 is 14.8 Å². The van der Waals surface area contributed by atoms with Crippen LogP contribution < -0.4 is 4.74 Å². The van der Waals surface area contributed by atoms with Gasteiger partial charge in [0.05, 0.1) is 12.8 Å². The second kappa shape index (κ2) is 4.49. The average Bonchev–Trinajstić information content (AvgIpc) is 2.71. The molecular weight excluding hydrogens is 261 g/mol. The normalized spacial score (nSPS) is 11.6. The Morgan fingerprint density at radius 2 is 2.00 bits per heavy atom. The van der Waals surface area contributed by atoms with Crippen molar-refractivity contribution in [2.24, 2.45) is 0 Å². The first-order valence-corrected chi connectivity index (χ1v) is 5.34. The number of nitrogens with one attached hydrogen (secondary N) is 1. The summed E-state index contributed by atoms with van der Waals surface area (Å²) in [5.41, 5.74) is 0.796. The van der Waals surface area contributed by atoms with Crippen molar-refractivity contribution in [1.82, 2.24) is 9.97 Å². The van der Waals surface area contributed by atoms with Gasteiger partial charge in [0.25, 0.3) is 0 Å². The number of ether oxygens (including phenoxy) is 1. The smallest absolute Gasteiger partial charge is 0.449 e. The van der Waals surface area contributed by atoms with Crippen LogP contribution in [-0.2, 0) is 6.18 Å². The van der Waals surface area contributed by atoms with E-state index in [0.29, 0.717) is 5.56 Å². The summed E-state index contributed by atoms with van der Waals surface area (Å²) >= 11 is 0. The van der Waals surface area contributed by atoms with Crippen LogP contribution in [0.3, 0.4) is 0 Å². The first-order valence-electron chi connectivity index (χ1n) is 5.34. The minimum absolute atomic E-state index is 0.144. The highest BCUT2D eigenvalue weighted by molar-refractivity contribution is 5.65. The van der Waals surface area contributed by atoms with E-state index in [2.05, 4.69) is 9.97 Å². The monoisotopic (exact) mass is 272 g/mol. The van der Waals surface area contributed by atoms with Crippen molar-refractivity contribution in [3.8, 4) is 22.8 Å². The minimum Gasteiger partial charge on any atom is -0.504 e. The molecule has 2 N–H and O–H groups in total. The van der Waals surface area contributed by atoms with E-state index in [-0.39, 0.29) is 22.9 Å². The number of aromatic hydroxyl groups is 1. The predicted octanol–water partition coefficient (Wildman–Crippen LogP) is 3.12. The summed E-state index contributed by atoms with van der Waals surface area (Å²) in [5.74, 6) is -0.973. The zero-order valence-electron chi connectivity index (χ0n) is 10.2. The third-order valence-corrected chi connectivity index (χ3v) is 2.61. The van der Waals surface area contributed by atoms with E-state index in [1.54, 1.807) is 0 Å². The lowest BCUT2D eigenvalue weighted by molar-refractivity contribution is -0.144. The van der Waals surface area contributed by atoms with Gasteiger partial charge in [-0.3, -0.25) is 0 Å². The molecule has 0 aliphatic carbocycles. The summed E-state index contributed by atoms with van der Waals surface area (Å²) in [5, 5.41) is 9.63. The molecule has 0 amide bonds. The Hall–Kier alpha value is -2.18. The molecule has 0 aliphatic heterocycles. The lowest BCUT2D eigenvalue weighted by Crippen LogP contribution is -2.07. The van der Waals surface area contributed by atoms with Crippen molar-refractivity contribution in [3.05, 3.63) is 29.7 Å². The van der Waals surface area contributed by atoms with E-state index >= 15 is 0 Å². The summed E-state index contributed by atoms with van der Waals surface area (Å²) < 4.78 is 42.5. The number of aromatic amines is 1. The maximum Gasteiger partial charge on any atom is 0.449 e. The number of benzene rings is 1.